The number of nitrogens with one attached hydrogen (secondary N) is 3. The summed E-state index contributed by atoms with van der Waals surface area (Å²) in [5, 5.41) is 8.45. The summed E-state index contributed by atoms with van der Waals surface area (Å²) in [6, 6.07) is 24.0. The number of benzene rings is 4. The number of halogens is 1. The van der Waals surface area contributed by atoms with Crippen molar-refractivity contribution in [3.63, 3.8) is 0 Å². The van der Waals surface area contributed by atoms with Crippen molar-refractivity contribution in [3.8, 4) is 23.0 Å². The summed E-state index contributed by atoms with van der Waals surface area (Å²) in [6.45, 7) is 1.92. The van der Waals surface area contributed by atoms with Crippen molar-refractivity contribution in [2.45, 2.75) is 23.5 Å². The van der Waals surface area contributed by atoms with Gasteiger partial charge >= 0.3 is 0 Å². The third kappa shape index (κ3) is 9.24. The first-order valence-corrected chi connectivity index (χ1v) is 16.1. The van der Waals surface area contributed by atoms with E-state index in [9.17, 15) is 14.4 Å². The van der Waals surface area contributed by atoms with Crippen molar-refractivity contribution in [3.05, 3.63) is 107 Å². The number of hydrogen-bond donors (Lipinski definition) is 3. The summed E-state index contributed by atoms with van der Waals surface area (Å²) in [7, 11) is 6.01. The predicted octanol–water partition coefficient (Wildman–Crippen LogP) is 7.29. The first-order valence-electron chi connectivity index (χ1n) is 14.8. The first kappa shape index (κ1) is 35.7. The van der Waals surface area contributed by atoms with Gasteiger partial charge in [0.2, 0.25) is 5.91 Å². The topological polar surface area (TPSA) is 124 Å². The van der Waals surface area contributed by atoms with Gasteiger partial charge in [-0.2, -0.15) is 0 Å². The Morgan fingerprint density at radius 2 is 1.42 bits per heavy atom. The molecule has 1 atom stereocenters. The van der Waals surface area contributed by atoms with E-state index in [0.717, 1.165) is 4.90 Å². The fourth-order valence-electron chi connectivity index (χ4n) is 4.56. The number of carbonyl (C=O) groups is 3. The number of ether oxygens (including phenoxy) is 4. The Labute approximate surface area is 288 Å². The molecule has 12 heteroatoms. The van der Waals surface area contributed by atoms with Gasteiger partial charge in [0.1, 0.15) is 17.2 Å². The summed E-state index contributed by atoms with van der Waals surface area (Å²) in [4.78, 5) is 40.8. The van der Waals surface area contributed by atoms with Crippen LogP contribution in [0.15, 0.2) is 95.5 Å². The fourth-order valence-corrected chi connectivity index (χ4v) is 5.83. The SMILES string of the molecule is CCC(Sc1cccc(NC(=O)/C(=C\c2cc(OC)c(OC)cc2OC)NC(=O)c2ccccc2)c1)C(=O)Nc1ccc(OC)c(Cl)c1. The minimum atomic E-state index is -0.584. The minimum Gasteiger partial charge on any atom is -0.496 e. The van der Waals surface area contributed by atoms with Gasteiger partial charge in [-0.15, -0.1) is 11.8 Å². The molecule has 250 valence electrons. The van der Waals surface area contributed by atoms with Gasteiger partial charge in [0.25, 0.3) is 11.8 Å². The highest BCUT2D eigenvalue weighted by Crippen LogP contribution is 2.36. The van der Waals surface area contributed by atoms with Crippen molar-refractivity contribution in [2.24, 2.45) is 0 Å². The Balaban J connectivity index is 1.58. The lowest BCUT2D eigenvalue weighted by molar-refractivity contribution is -0.116. The lowest BCUT2D eigenvalue weighted by Crippen LogP contribution is -2.30. The van der Waals surface area contributed by atoms with Crippen LogP contribution in [-0.4, -0.2) is 51.4 Å². The maximum absolute atomic E-state index is 13.8. The van der Waals surface area contributed by atoms with Crippen LogP contribution in [0.2, 0.25) is 5.02 Å². The van der Waals surface area contributed by atoms with Crippen LogP contribution in [0.5, 0.6) is 23.0 Å². The fraction of sp³-hybridized carbons (Fsp3) is 0.194. The second-order valence-electron chi connectivity index (χ2n) is 10.2. The zero-order valence-corrected chi connectivity index (χ0v) is 28.7. The Morgan fingerprint density at radius 3 is 2.06 bits per heavy atom. The van der Waals surface area contributed by atoms with Crippen LogP contribution in [0.25, 0.3) is 6.08 Å². The van der Waals surface area contributed by atoms with E-state index in [-0.39, 0.29) is 11.6 Å². The van der Waals surface area contributed by atoms with Gasteiger partial charge in [0.15, 0.2) is 11.5 Å². The molecule has 0 saturated heterocycles. The molecule has 0 aliphatic heterocycles. The molecule has 10 nitrogen and oxygen atoms in total. The van der Waals surface area contributed by atoms with Crippen molar-refractivity contribution >= 4 is 58.5 Å². The Bertz CT molecular complexity index is 1800. The average Bonchev–Trinajstić information content (AvgIpc) is 3.10. The lowest BCUT2D eigenvalue weighted by Gasteiger charge is -2.17. The van der Waals surface area contributed by atoms with E-state index >= 15 is 0 Å². The zero-order valence-electron chi connectivity index (χ0n) is 27.1. The smallest absolute Gasteiger partial charge is 0.272 e. The van der Waals surface area contributed by atoms with E-state index in [1.165, 1.54) is 46.3 Å². The number of anilines is 2. The van der Waals surface area contributed by atoms with Crippen molar-refractivity contribution < 1.29 is 33.3 Å². The molecule has 0 aliphatic rings. The summed E-state index contributed by atoms with van der Waals surface area (Å²) in [5.41, 5.74) is 1.80. The number of amides is 3. The number of methoxy groups -OCH3 is 4. The molecule has 0 radical (unpaired) electrons. The third-order valence-corrected chi connectivity index (χ3v) is 8.67. The van der Waals surface area contributed by atoms with Crippen molar-refractivity contribution in [2.75, 3.05) is 39.1 Å². The summed E-state index contributed by atoms with van der Waals surface area (Å²) >= 11 is 7.58. The van der Waals surface area contributed by atoms with E-state index in [1.54, 1.807) is 78.9 Å². The van der Waals surface area contributed by atoms with Crippen LogP contribution in [0.4, 0.5) is 11.4 Å². The van der Waals surface area contributed by atoms with Crippen LogP contribution >= 0.6 is 23.4 Å². The second kappa shape index (κ2) is 17.1. The molecule has 0 spiro atoms. The van der Waals surface area contributed by atoms with Gasteiger partial charge in [0.05, 0.1) is 38.7 Å². The molecule has 48 heavy (non-hydrogen) atoms. The van der Waals surface area contributed by atoms with E-state index in [2.05, 4.69) is 16.0 Å². The molecule has 4 rings (SSSR count). The first-order chi connectivity index (χ1) is 23.2. The monoisotopic (exact) mass is 689 g/mol. The van der Waals surface area contributed by atoms with Gasteiger partial charge in [-0.05, 0) is 67.1 Å². The maximum atomic E-state index is 13.8. The Kier molecular flexibility index (Phi) is 12.8. The van der Waals surface area contributed by atoms with Gasteiger partial charge < -0.3 is 34.9 Å². The molecular weight excluding hydrogens is 654 g/mol. The molecule has 1 unspecified atom stereocenters. The van der Waals surface area contributed by atoms with E-state index < -0.39 is 17.1 Å². The number of carbonyl (C=O) groups excluding carboxylic acids is 3. The second-order valence-corrected chi connectivity index (χ2v) is 11.8. The Morgan fingerprint density at radius 1 is 0.750 bits per heavy atom. The quantitative estimate of drug-likeness (QED) is 0.0932. The average molecular weight is 690 g/mol. The van der Waals surface area contributed by atoms with Crippen LogP contribution < -0.4 is 34.9 Å². The molecule has 0 aromatic heterocycles. The van der Waals surface area contributed by atoms with Gasteiger partial charge in [-0.1, -0.05) is 42.8 Å². The summed E-state index contributed by atoms with van der Waals surface area (Å²) < 4.78 is 21.5. The summed E-state index contributed by atoms with van der Waals surface area (Å²) in [6.07, 6.45) is 2.04. The molecular formula is C36H36ClN3O7S. The molecule has 0 saturated carbocycles. The molecule has 4 aromatic rings. The molecule has 0 aliphatic carbocycles. The lowest BCUT2D eigenvalue weighted by atomic mass is 10.1. The van der Waals surface area contributed by atoms with E-state index in [0.29, 0.717) is 56.9 Å². The molecule has 0 heterocycles. The highest BCUT2D eigenvalue weighted by Gasteiger charge is 2.21. The van der Waals surface area contributed by atoms with Crippen molar-refractivity contribution in [1.82, 2.24) is 5.32 Å². The van der Waals surface area contributed by atoms with E-state index in [1.807, 2.05) is 13.0 Å². The van der Waals surface area contributed by atoms with Crippen molar-refractivity contribution in [1.29, 1.82) is 0 Å². The molecule has 4 aromatic carbocycles. The van der Waals surface area contributed by atoms with Crippen LogP contribution in [-0.2, 0) is 9.59 Å². The Hall–Kier alpha value is -5.13. The predicted molar refractivity (Wildman–Crippen MR) is 190 cm³/mol. The molecule has 0 bridgehead atoms. The van der Waals surface area contributed by atoms with Crippen LogP contribution in [0.3, 0.4) is 0 Å². The third-order valence-electron chi connectivity index (χ3n) is 7.02. The normalized spacial score (nSPS) is 11.6. The molecule has 3 N–H and O–H groups in total. The van der Waals surface area contributed by atoms with Gasteiger partial charge in [0, 0.05) is 33.5 Å². The highest BCUT2D eigenvalue weighted by atomic mass is 35.5. The number of thioether (sulfide) groups is 1. The molecule has 3 amide bonds. The standard InChI is InChI=1S/C36H36ClN3O7S/c1-6-33(36(43)39-25-15-16-29(44-2)27(37)20-25)48-26-14-10-13-24(19-26)38-35(42)28(40-34(41)22-11-8-7-9-12-22)17-23-18-31(46-4)32(47-5)21-30(23)45-3/h7-21,33H,6H2,1-5H3,(H,38,42)(H,39,43)(H,40,41)/b28-17+. The number of hydrogen-bond acceptors (Lipinski definition) is 8. The maximum Gasteiger partial charge on any atom is 0.272 e. The number of rotatable bonds is 14. The highest BCUT2D eigenvalue weighted by molar-refractivity contribution is 8.00. The van der Waals surface area contributed by atoms with E-state index in [4.69, 9.17) is 30.5 Å². The largest absolute Gasteiger partial charge is 0.496 e. The van der Waals surface area contributed by atoms with Crippen LogP contribution in [0.1, 0.15) is 29.3 Å². The van der Waals surface area contributed by atoms with Crippen LogP contribution in [0, 0.1) is 0 Å². The van der Waals surface area contributed by atoms with Gasteiger partial charge in [-0.25, -0.2) is 0 Å². The summed E-state index contributed by atoms with van der Waals surface area (Å²) in [5.74, 6) is 0.493. The van der Waals surface area contributed by atoms with Gasteiger partial charge in [-0.3, -0.25) is 14.4 Å². The zero-order chi connectivity index (χ0) is 34.6. The minimum absolute atomic E-state index is 0.0450. The molecule has 0 fully saturated rings.